The Morgan fingerprint density at radius 2 is 2.30 bits per heavy atom. The van der Waals surface area contributed by atoms with Crippen LogP contribution in [0.3, 0.4) is 0 Å². The summed E-state index contributed by atoms with van der Waals surface area (Å²) < 4.78 is 21.5. The van der Waals surface area contributed by atoms with Crippen molar-refractivity contribution in [1.82, 2.24) is 9.95 Å². The molecule has 0 aromatic heterocycles. The highest BCUT2D eigenvalue weighted by Crippen LogP contribution is 1.92. The minimum absolute atomic E-state index is 0.562. The molecule has 0 saturated heterocycles. The maximum absolute atomic E-state index is 10.5. The number of nitrogens with two attached hydrogens (primary N) is 1. The maximum atomic E-state index is 10.5. The van der Waals surface area contributed by atoms with Crippen LogP contribution in [0.5, 0.6) is 0 Å². The highest BCUT2D eigenvalue weighted by Gasteiger charge is 2.12. The third-order valence-corrected chi connectivity index (χ3v) is 1.46. The Morgan fingerprint density at radius 1 is 1.60 bits per heavy atom. The number of hydrazone groups is 1. The normalized spacial score (nSPS) is 17.1. The van der Waals surface area contributed by atoms with E-state index in [1.54, 1.807) is 6.08 Å². The molecule has 0 amide bonds. The van der Waals surface area contributed by atoms with E-state index in [1.165, 1.54) is 12.4 Å². The lowest BCUT2D eigenvalue weighted by molar-refractivity contribution is 0.377. The Morgan fingerprint density at radius 3 is 2.60 bits per heavy atom. The summed E-state index contributed by atoms with van der Waals surface area (Å²) in [6.45, 7) is 0. The summed E-state index contributed by atoms with van der Waals surface area (Å²) >= 11 is 0. The van der Waals surface area contributed by atoms with Gasteiger partial charge in [0.05, 0.1) is 6.21 Å². The van der Waals surface area contributed by atoms with Crippen molar-refractivity contribution >= 4 is 16.4 Å². The van der Waals surface area contributed by atoms with E-state index >= 15 is 0 Å². The van der Waals surface area contributed by atoms with Crippen LogP contribution >= 0.6 is 0 Å². The standard InChI is InChI=1S/C3H6N4O2S/c4-10(8,9)7-5-2-1-3-6-7/h1-3,5H,(H2,4,8,9). The number of rotatable bonds is 1. The lowest BCUT2D eigenvalue weighted by Gasteiger charge is -2.15. The Labute approximate surface area is 58.2 Å². The summed E-state index contributed by atoms with van der Waals surface area (Å²) in [4.78, 5) is 0. The molecule has 1 aliphatic heterocycles. The zero-order valence-corrected chi connectivity index (χ0v) is 5.75. The molecule has 7 heteroatoms. The molecular weight excluding hydrogens is 156 g/mol. The first-order chi connectivity index (χ1) is 4.61. The topological polar surface area (TPSA) is 87.8 Å². The van der Waals surface area contributed by atoms with Crippen molar-refractivity contribution < 1.29 is 8.42 Å². The molecule has 1 rings (SSSR count). The Bertz CT molecular complexity index is 266. The summed E-state index contributed by atoms with van der Waals surface area (Å²) in [5.41, 5.74) is 2.30. The molecule has 3 N–H and O–H groups in total. The van der Waals surface area contributed by atoms with E-state index in [1.807, 2.05) is 0 Å². The first kappa shape index (κ1) is 7.03. The highest BCUT2D eigenvalue weighted by atomic mass is 32.2. The Kier molecular flexibility index (Phi) is 1.60. The number of allylic oxidation sites excluding steroid dienone is 1. The van der Waals surface area contributed by atoms with Crippen LogP contribution in [0.2, 0.25) is 0 Å². The zero-order chi connectivity index (χ0) is 7.61. The van der Waals surface area contributed by atoms with E-state index in [2.05, 4.69) is 10.5 Å². The molecule has 0 fully saturated rings. The zero-order valence-electron chi connectivity index (χ0n) is 4.93. The second kappa shape index (κ2) is 2.27. The largest absolute Gasteiger partial charge is 0.332 e. The van der Waals surface area contributed by atoms with Crippen molar-refractivity contribution in [2.75, 3.05) is 0 Å². The molecular formula is C3H6N4O2S. The van der Waals surface area contributed by atoms with E-state index in [4.69, 9.17) is 5.14 Å². The molecule has 0 bridgehead atoms. The van der Waals surface area contributed by atoms with Crippen LogP contribution in [0, 0.1) is 0 Å². The van der Waals surface area contributed by atoms with Gasteiger partial charge < -0.3 is 0 Å². The summed E-state index contributed by atoms with van der Waals surface area (Å²) in [5, 5.41) is 8.10. The molecule has 0 aliphatic carbocycles. The fraction of sp³-hybridized carbons (Fsp3) is 0. The Balaban J connectivity index is 2.79. The SMILES string of the molecule is NS(=O)(=O)N1N=CC=CN1. The van der Waals surface area contributed by atoms with Crippen LogP contribution < -0.4 is 10.6 Å². The van der Waals surface area contributed by atoms with Crippen molar-refractivity contribution in [3.63, 3.8) is 0 Å². The molecule has 0 spiro atoms. The number of hydrazine groups is 1. The number of hydrogen-bond donors (Lipinski definition) is 2. The summed E-state index contributed by atoms with van der Waals surface area (Å²) in [7, 11) is -3.75. The summed E-state index contributed by atoms with van der Waals surface area (Å²) in [6, 6.07) is 0. The molecule has 56 valence electrons. The smallest absolute Gasteiger partial charge is 0.274 e. The average molecular weight is 162 g/mol. The summed E-state index contributed by atoms with van der Waals surface area (Å²) in [5.74, 6) is 0. The van der Waals surface area contributed by atoms with Gasteiger partial charge in [-0.15, -0.1) is 5.10 Å². The minimum atomic E-state index is -3.75. The maximum Gasteiger partial charge on any atom is 0.332 e. The van der Waals surface area contributed by atoms with Crippen molar-refractivity contribution in [1.29, 1.82) is 0 Å². The molecule has 0 radical (unpaired) electrons. The third kappa shape index (κ3) is 1.45. The molecule has 1 heterocycles. The first-order valence-electron chi connectivity index (χ1n) is 2.39. The van der Waals surface area contributed by atoms with E-state index < -0.39 is 10.2 Å². The lowest BCUT2D eigenvalue weighted by atomic mass is 10.7. The van der Waals surface area contributed by atoms with Gasteiger partial charge in [0.2, 0.25) is 0 Å². The van der Waals surface area contributed by atoms with Crippen molar-refractivity contribution in [2.24, 2.45) is 10.2 Å². The monoisotopic (exact) mass is 162 g/mol. The van der Waals surface area contributed by atoms with Crippen molar-refractivity contribution in [3.8, 4) is 0 Å². The van der Waals surface area contributed by atoms with Crippen LogP contribution in [0.1, 0.15) is 0 Å². The van der Waals surface area contributed by atoms with Crippen LogP contribution in [-0.2, 0) is 10.2 Å². The molecule has 0 saturated carbocycles. The van der Waals surface area contributed by atoms with Crippen LogP contribution in [0.15, 0.2) is 17.4 Å². The number of nitrogens with one attached hydrogen (secondary N) is 1. The van der Waals surface area contributed by atoms with Gasteiger partial charge in [-0.2, -0.15) is 8.42 Å². The summed E-state index contributed by atoms with van der Waals surface area (Å²) in [6.07, 6.45) is 4.25. The van der Waals surface area contributed by atoms with Gasteiger partial charge in [0, 0.05) is 6.20 Å². The minimum Gasteiger partial charge on any atom is -0.274 e. The molecule has 10 heavy (non-hydrogen) atoms. The Hall–Kier alpha value is -1.08. The lowest BCUT2D eigenvalue weighted by Crippen LogP contribution is -2.41. The predicted molar refractivity (Wildman–Crippen MR) is 35.7 cm³/mol. The number of hydrogen-bond acceptors (Lipinski definition) is 4. The van der Waals surface area contributed by atoms with Gasteiger partial charge in [-0.25, -0.2) is 5.14 Å². The molecule has 1 aliphatic rings. The molecule has 0 unspecified atom stereocenters. The fourth-order valence-corrected chi connectivity index (χ4v) is 0.815. The molecule has 6 nitrogen and oxygen atoms in total. The van der Waals surface area contributed by atoms with Gasteiger partial charge in [0.25, 0.3) is 0 Å². The average Bonchev–Trinajstić information content (AvgIpc) is 1.88. The van der Waals surface area contributed by atoms with Crippen LogP contribution in [0.25, 0.3) is 0 Å². The van der Waals surface area contributed by atoms with E-state index in [0.717, 1.165) is 0 Å². The molecule has 0 atom stereocenters. The molecule has 0 aromatic rings. The first-order valence-corrected chi connectivity index (χ1v) is 3.89. The quantitative estimate of drug-likeness (QED) is 0.492. The van der Waals surface area contributed by atoms with E-state index in [-0.39, 0.29) is 0 Å². The van der Waals surface area contributed by atoms with Gasteiger partial charge in [-0.05, 0) is 6.08 Å². The van der Waals surface area contributed by atoms with Crippen LogP contribution in [0.4, 0.5) is 0 Å². The number of nitrogens with zero attached hydrogens (tertiary/aromatic N) is 2. The van der Waals surface area contributed by atoms with Gasteiger partial charge in [0.15, 0.2) is 0 Å². The van der Waals surface area contributed by atoms with E-state index in [0.29, 0.717) is 4.52 Å². The second-order valence-corrected chi connectivity index (χ2v) is 2.92. The fourth-order valence-electron chi connectivity index (χ4n) is 0.421. The third-order valence-electron chi connectivity index (χ3n) is 0.780. The van der Waals surface area contributed by atoms with Crippen LogP contribution in [-0.4, -0.2) is 19.2 Å². The van der Waals surface area contributed by atoms with E-state index in [9.17, 15) is 8.42 Å². The van der Waals surface area contributed by atoms with Gasteiger partial charge in [-0.3, -0.25) is 5.43 Å². The van der Waals surface area contributed by atoms with Gasteiger partial charge in [-0.1, -0.05) is 4.52 Å². The van der Waals surface area contributed by atoms with Gasteiger partial charge >= 0.3 is 10.2 Å². The predicted octanol–water partition coefficient (Wildman–Crippen LogP) is -1.49. The van der Waals surface area contributed by atoms with Crippen molar-refractivity contribution in [2.45, 2.75) is 0 Å². The highest BCUT2D eigenvalue weighted by molar-refractivity contribution is 7.86. The molecule has 0 aromatic carbocycles. The van der Waals surface area contributed by atoms with Gasteiger partial charge in [0.1, 0.15) is 0 Å². The van der Waals surface area contributed by atoms with Crippen molar-refractivity contribution in [3.05, 3.63) is 12.3 Å². The second-order valence-electron chi connectivity index (χ2n) is 1.54.